The van der Waals surface area contributed by atoms with E-state index < -0.39 is 0 Å². The van der Waals surface area contributed by atoms with E-state index in [1.165, 1.54) is 6.42 Å². The van der Waals surface area contributed by atoms with E-state index in [1.807, 2.05) is 12.1 Å². The van der Waals surface area contributed by atoms with Gasteiger partial charge in [0.2, 0.25) is 5.91 Å². The third kappa shape index (κ3) is 2.44. The Morgan fingerprint density at radius 2 is 2.05 bits per heavy atom. The molecule has 2 bridgehead atoms. The van der Waals surface area contributed by atoms with Crippen molar-refractivity contribution in [1.82, 2.24) is 10.6 Å². The molecule has 2 saturated heterocycles. The monoisotopic (exact) mass is 276 g/mol. The Morgan fingerprint density at radius 1 is 1.35 bits per heavy atom. The summed E-state index contributed by atoms with van der Waals surface area (Å²) in [5.74, 6) is 0.0816. The fourth-order valence-electron chi connectivity index (χ4n) is 3.57. The first-order valence-corrected chi connectivity index (χ1v) is 7.34. The Morgan fingerprint density at radius 3 is 2.60 bits per heavy atom. The van der Waals surface area contributed by atoms with Crippen LogP contribution >= 0.6 is 0 Å². The third-order valence-electron chi connectivity index (χ3n) is 4.60. The van der Waals surface area contributed by atoms with Crippen LogP contribution in [0, 0.1) is 25.6 Å². The van der Waals surface area contributed by atoms with E-state index in [-0.39, 0.29) is 17.6 Å². The van der Waals surface area contributed by atoms with E-state index in [1.54, 1.807) is 13.8 Å². The standard InChI is InChI=1S/C16H21FN2O/c1-9-5-11(6-10(2)15(9)17)8-18-16(20)13-7-12-3-4-14(13)19-12/h5-6,12-14,19H,3-4,7-8H2,1-2H3,(H,18,20). The molecular weight excluding hydrogens is 255 g/mol. The number of hydrogen-bond acceptors (Lipinski definition) is 2. The molecular formula is C16H21FN2O. The number of carbonyl (C=O) groups excluding carboxylic acids is 1. The highest BCUT2D eigenvalue weighted by Crippen LogP contribution is 2.33. The van der Waals surface area contributed by atoms with Gasteiger partial charge in [-0.05, 0) is 49.8 Å². The minimum Gasteiger partial charge on any atom is -0.352 e. The molecule has 0 saturated carbocycles. The molecule has 4 heteroatoms. The quantitative estimate of drug-likeness (QED) is 0.888. The van der Waals surface area contributed by atoms with E-state index in [4.69, 9.17) is 0 Å². The number of hydrogen-bond donors (Lipinski definition) is 2. The molecule has 2 aliphatic rings. The van der Waals surface area contributed by atoms with Crippen molar-refractivity contribution >= 4 is 5.91 Å². The summed E-state index contributed by atoms with van der Waals surface area (Å²) in [5.41, 5.74) is 2.23. The van der Waals surface area contributed by atoms with E-state index >= 15 is 0 Å². The fraction of sp³-hybridized carbons (Fsp3) is 0.562. The van der Waals surface area contributed by atoms with Gasteiger partial charge in [-0.15, -0.1) is 0 Å². The Labute approximate surface area is 118 Å². The maximum absolute atomic E-state index is 13.6. The largest absolute Gasteiger partial charge is 0.352 e. The molecule has 0 spiro atoms. The number of carbonyl (C=O) groups is 1. The highest BCUT2D eigenvalue weighted by atomic mass is 19.1. The molecule has 20 heavy (non-hydrogen) atoms. The summed E-state index contributed by atoms with van der Waals surface area (Å²) < 4.78 is 13.6. The summed E-state index contributed by atoms with van der Waals surface area (Å²) in [4.78, 5) is 12.2. The van der Waals surface area contributed by atoms with Gasteiger partial charge in [0, 0.05) is 18.6 Å². The van der Waals surface area contributed by atoms with Crippen LogP contribution in [0.5, 0.6) is 0 Å². The topological polar surface area (TPSA) is 41.1 Å². The molecule has 3 rings (SSSR count). The second-order valence-electron chi connectivity index (χ2n) is 6.15. The van der Waals surface area contributed by atoms with Gasteiger partial charge < -0.3 is 10.6 Å². The molecule has 108 valence electrons. The Bertz CT molecular complexity index is 520. The van der Waals surface area contributed by atoms with E-state index in [2.05, 4.69) is 10.6 Å². The molecule has 3 atom stereocenters. The third-order valence-corrected chi connectivity index (χ3v) is 4.60. The predicted molar refractivity (Wildman–Crippen MR) is 75.8 cm³/mol. The maximum Gasteiger partial charge on any atom is 0.225 e. The Kier molecular flexibility index (Phi) is 3.50. The van der Waals surface area contributed by atoms with Gasteiger partial charge in [0.1, 0.15) is 5.82 Å². The summed E-state index contributed by atoms with van der Waals surface area (Å²) >= 11 is 0. The van der Waals surface area contributed by atoms with Gasteiger partial charge in [-0.1, -0.05) is 12.1 Å². The smallest absolute Gasteiger partial charge is 0.225 e. The molecule has 1 amide bonds. The van der Waals surface area contributed by atoms with Crippen LogP contribution in [0.4, 0.5) is 4.39 Å². The molecule has 2 heterocycles. The molecule has 2 N–H and O–H groups in total. The molecule has 1 aromatic carbocycles. The van der Waals surface area contributed by atoms with Crippen LogP contribution in [0.3, 0.4) is 0 Å². The van der Waals surface area contributed by atoms with Crippen LogP contribution in [0.15, 0.2) is 12.1 Å². The molecule has 3 unspecified atom stereocenters. The summed E-state index contributed by atoms with van der Waals surface area (Å²) in [5, 5.41) is 6.47. The first-order chi connectivity index (χ1) is 9.54. The highest BCUT2D eigenvalue weighted by Gasteiger charge is 2.42. The van der Waals surface area contributed by atoms with Gasteiger partial charge in [0.25, 0.3) is 0 Å². The van der Waals surface area contributed by atoms with E-state index in [0.717, 1.165) is 18.4 Å². The summed E-state index contributed by atoms with van der Waals surface area (Å²) in [7, 11) is 0. The predicted octanol–water partition coefficient (Wildman–Crippen LogP) is 2.20. The van der Waals surface area contributed by atoms with E-state index in [0.29, 0.717) is 29.8 Å². The van der Waals surface area contributed by atoms with Crippen molar-refractivity contribution in [2.24, 2.45) is 5.92 Å². The number of amides is 1. The number of halogens is 1. The highest BCUT2D eigenvalue weighted by molar-refractivity contribution is 5.80. The molecule has 2 fully saturated rings. The second kappa shape index (κ2) is 5.17. The summed E-state index contributed by atoms with van der Waals surface area (Å²) in [6.07, 6.45) is 3.26. The zero-order valence-electron chi connectivity index (χ0n) is 12.0. The van der Waals surface area contributed by atoms with Crippen molar-refractivity contribution in [3.05, 3.63) is 34.6 Å². The van der Waals surface area contributed by atoms with Crippen LogP contribution in [-0.4, -0.2) is 18.0 Å². The molecule has 2 aliphatic heterocycles. The first-order valence-electron chi connectivity index (χ1n) is 7.34. The second-order valence-corrected chi connectivity index (χ2v) is 6.15. The lowest BCUT2D eigenvalue weighted by atomic mass is 9.88. The minimum atomic E-state index is -0.155. The number of nitrogens with one attached hydrogen (secondary N) is 2. The maximum atomic E-state index is 13.6. The Hall–Kier alpha value is -1.42. The SMILES string of the molecule is Cc1cc(CNC(=O)C2CC3CCC2N3)cc(C)c1F. The number of aryl methyl sites for hydroxylation is 2. The zero-order chi connectivity index (χ0) is 14.3. The lowest BCUT2D eigenvalue weighted by molar-refractivity contribution is -0.125. The van der Waals surface area contributed by atoms with Gasteiger partial charge in [0.05, 0.1) is 5.92 Å². The molecule has 0 aliphatic carbocycles. The Balaban J connectivity index is 1.61. The average molecular weight is 276 g/mol. The van der Waals surface area contributed by atoms with Crippen LogP contribution in [-0.2, 0) is 11.3 Å². The number of fused-ring (bicyclic) bond motifs is 2. The van der Waals surface area contributed by atoms with Crippen molar-refractivity contribution in [2.45, 2.75) is 51.7 Å². The minimum absolute atomic E-state index is 0.108. The first kappa shape index (κ1) is 13.6. The van der Waals surface area contributed by atoms with Crippen LogP contribution < -0.4 is 10.6 Å². The lowest BCUT2D eigenvalue weighted by Crippen LogP contribution is -2.37. The van der Waals surface area contributed by atoms with Crippen molar-refractivity contribution in [3.8, 4) is 0 Å². The summed E-state index contributed by atoms with van der Waals surface area (Å²) in [6.45, 7) is 4.00. The normalized spacial score (nSPS) is 27.9. The molecule has 3 nitrogen and oxygen atoms in total. The van der Waals surface area contributed by atoms with E-state index in [9.17, 15) is 9.18 Å². The van der Waals surface area contributed by atoms with Gasteiger partial charge in [-0.3, -0.25) is 4.79 Å². The number of benzene rings is 1. The fourth-order valence-corrected chi connectivity index (χ4v) is 3.57. The van der Waals surface area contributed by atoms with Crippen molar-refractivity contribution in [3.63, 3.8) is 0 Å². The van der Waals surface area contributed by atoms with Gasteiger partial charge in [0.15, 0.2) is 0 Å². The average Bonchev–Trinajstić information content (AvgIpc) is 3.04. The number of rotatable bonds is 3. The summed E-state index contributed by atoms with van der Waals surface area (Å²) in [6, 6.07) is 4.51. The van der Waals surface area contributed by atoms with Crippen molar-refractivity contribution in [1.29, 1.82) is 0 Å². The van der Waals surface area contributed by atoms with Crippen LogP contribution in [0.2, 0.25) is 0 Å². The van der Waals surface area contributed by atoms with Gasteiger partial charge >= 0.3 is 0 Å². The van der Waals surface area contributed by atoms with Crippen molar-refractivity contribution in [2.75, 3.05) is 0 Å². The van der Waals surface area contributed by atoms with Gasteiger partial charge in [-0.2, -0.15) is 0 Å². The van der Waals surface area contributed by atoms with Gasteiger partial charge in [-0.25, -0.2) is 4.39 Å². The van der Waals surface area contributed by atoms with Crippen molar-refractivity contribution < 1.29 is 9.18 Å². The molecule has 1 aromatic rings. The van der Waals surface area contributed by atoms with Crippen LogP contribution in [0.1, 0.15) is 36.0 Å². The molecule has 0 radical (unpaired) electrons. The zero-order valence-corrected chi connectivity index (χ0v) is 12.0. The molecule has 0 aromatic heterocycles. The lowest BCUT2D eigenvalue weighted by Gasteiger charge is -2.19. The van der Waals surface area contributed by atoms with Crippen LogP contribution in [0.25, 0.3) is 0 Å².